The standard InChI is InChI=1S/C23H13Cl3F3N3OS/c1-11(21(33)12-2-6-19(28)20(29)8-12)34-23-31-30-22(15-5-3-13(24)9-16(15)25)32(23)14-4-7-18(27)17(26)10-14/h2-11H,1H3/t11-/m0/s1. The van der Waals surface area contributed by atoms with Crippen molar-refractivity contribution in [1.29, 1.82) is 0 Å². The van der Waals surface area contributed by atoms with Crippen molar-refractivity contribution < 1.29 is 18.0 Å². The van der Waals surface area contributed by atoms with E-state index < -0.39 is 28.5 Å². The van der Waals surface area contributed by atoms with Gasteiger partial charge in [0.1, 0.15) is 5.82 Å². The quantitative estimate of drug-likeness (QED) is 0.185. The Morgan fingerprint density at radius 2 is 1.62 bits per heavy atom. The van der Waals surface area contributed by atoms with Crippen LogP contribution in [-0.2, 0) is 0 Å². The van der Waals surface area contributed by atoms with Crippen LogP contribution in [0.15, 0.2) is 59.8 Å². The van der Waals surface area contributed by atoms with Crippen LogP contribution in [0.5, 0.6) is 0 Å². The number of halogens is 6. The van der Waals surface area contributed by atoms with Gasteiger partial charge < -0.3 is 0 Å². The predicted molar refractivity (Wildman–Crippen MR) is 128 cm³/mol. The molecule has 4 rings (SSSR count). The lowest BCUT2D eigenvalue weighted by Crippen LogP contribution is -2.15. The number of Topliss-reactive ketones (excluding diaryl/α,β-unsaturated/α-hetero) is 1. The number of aromatic nitrogens is 3. The number of thioether (sulfide) groups is 1. The van der Waals surface area contributed by atoms with Crippen LogP contribution < -0.4 is 0 Å². The number of hydrogen-bond acceptors (Lipinski definition) is 4. The average Bonchev–Trinajstić information content (AvgIpc) is 3.20. The SMILES string of the molecule is C[C@H](Sc1nnc(-c2ccc(Cl)cc2Cl)n1-c1ccc(F)c(Cl)c1)C(=O)c1ccc(F)c(F)c1. The summed E-state index contributed by atoms with van der Waals surface area (Å²) in [4.78, 5) is 12.9. The summed E-state index contributed by atoms with van der Waals surface area (Å²) in [6, 6.07) is 11.8. The van der Waals surface area contributed by atoms with Crippen LogP contribution in [0.3, 0.4) is 0 Å². The van der Waals surface area contributed by atoms with Gasteiger partial charge >= 0.3 is 0 Å². The van der Waals surface area contributed by atoms with Crippen molar-refractivity contribution in [2.24, 2.45) is 0 Å². The third-order valence-corrected chi connectivity index (χ3v) is 6.70. The van der Waals surface area contributed by atoms with Crippen LogP contribution >= 0.6 is 46.6 Å². The lowest BCUT2D eigenvalue weighted by molar-refractivity contribution is 0.0993. The Bertz CT molecular complexity index is 1410. The second-order valence-electron chi connectivity index (χ2n) is 7.12. The van der Waals surface area contributed by atoms with E-state index in [2.05, 4.69) is 10.2 Å². The molecule has 0 unspecified atom stereocenters. The number of hydrogen-bond donors (Lipinski definition) is 0. The summed E-state index contributed by atoms with van der Waals surface area (Å²) in [7, 11) is 0. The van der Waals surface area contributed by atoms with E-state index in [1.165, 1.54) is 30.3 Å². The van der Waals surface area contributed by atoms with Gasteiger partial charge in [-0.2, -0.15) is 0 Å². The Balaban J connectivity index is 1.77. The van der Waals surface area contributed by atoms with Gasteiger partial charge in [0.25, 0.3) is 0 Å². The minimum Gasteiger partial charge on any atom is -0.293 e. The number of nitrogens with zero attached hydrogens (tertiary/aromatic N) is 3. The minimum atomic E-state index is -1.12. The zero-order chi connectivity index (χ0) is 24.6. The van der Waals surface area contributed by atoms with Crippen molar-refractivity contribution in [3.8, 4) is 17.1 Å². The number of benzene rings is 3. The van der Waals surface area contributed by atoms with Crippen molar-refractivity contribution >= 4 is 52.3 Å². The molecule has 34 heavy (non-hydrogen) atoms. The fourth-order valence-electron chi connectivity index (χ4n) is 3.14. The predicted octanol–water partition coefficient (Wildman–Crippen LogP) is 7.68. The lowest BCUT2D eigenvalue weighted by Gasteiger charge is -2.14. The molecule has 3 aromatic carbocycles. The number of rotatable bonds is 6. The molecule has 4 nitrogen and oxygen atoms in total. The summed E-state index contributed by atoms with van der Waals surface area (Å²) in [5.74, 6) is -2.91. The maximum atomic E-state index is 13.8. The van der Waals surface area contributed by atoms with Crippen molar-refractivity contribution in [2.45, 2.75) is 17.3 Å². The van der Waals surface area contributed by atoms with Crippen LogP contribution in [0.2, 0.25) is 15.1 Å². The molecule has 0 saturated heterocycles. The van der Waals surface area contributed by atoms with Gasteiger partial charge in [-0.15, -0.1) is 10.2 Å². The van der Waals surface area contributed by atoms with Gasteiger partial charge in [0.05, 0.1) is 21.0 Å². The molecule has 0 spiro atoms. The highest BCUT2D eigenvalue weighted by atomic mass is 35.5. The summed E-state index contributed by atoms with van der Waals surface area (Å²) in [6.45, 7) is 1.60. The van der Waals surface area contributed by atoms with Crippen LogP contribution in [0.25, 0.3) is 17.1 Å². The van der Waals surface area contributed by atoms with E-state index >= 15 is 0 Å². The van der Waals surface area contributed by atoms with Gasteiger partial charge in [-0.1, -0.05) is 46.6 Å². The number of ketones is 1. The normalized spacial score (nSPS) is 12.1. The summed E-state index contributed by atoms with van der Waals surface area (Å²) >= 11 is 19.4. The molecular weight excluding hydrogens is 530 g/mol. The molecule has 0 saturated carbocycles. The van der Waals surface area contributed by atoms with E-state index in [0.717, 1.165) is 23.9 Å². The Morgan fingerprint density at radius 3 is 2.29 bits per heavy atom. The van der Waals surface area contributed by atoms with Gasteiger partial charge in [0.15, 0.2) is 28.4 Å². The van der Waals surface area contributed by atoms with Crippen LogP contribution in [-0.4, -0.2) is 25.8 Å². The molecule has 1 atom stereocenters. The fraction of sp³-hybridized carbons (Fsp3) is 0.0870. The first-order valence-corrected chi connectivity index (χ1v) is 11.7. The van der Waals surface area contributed by atoms with Crippen molar-refractivity contribution in [3.05, 3.63) is 92.7 Å². The Morgan fingerprint density at radius 1 is 0.882 bits per heavy atom. The minimum absolute atomic E-state index is 0.00996. The van der Waals surface area contributed by atoms with Gasteiger partial charge in [-0.05, 0) is 61.5 Å². The highest BCUT2D eigenvalue weighted by Crippen LogP contribution is 2.36. The highest BCUT2D eigenvalue weighted by molar-refractivity contribution is 8.00. The molecule has 1 heterocycles. The summed E-state index contributed by atoms with van der Waals surface area (Å²) in [5, 5.41) is 8.53. The van der Waals surface area contributed by atoms with E-state index in [9.17, 15) is 18.0 Å². The number of carbonyl (C=O) groups is 1. The van der Waals surface area contributed by atoms with Crippen molar-refractivity contribution in [2.75, 3.05) is 0 Å². The topological polar surface area (TPSA) is 47.8 Å². The van der Waals surface area contributed by atoms with Gasteiger partial charge in [-0.3, -0.25) is 9.36 Å². The Labute approximate surface area is 211 Å². The first-order chi connectivity index (χ1) is 16.2. The second-order valence-corrected chi connectivity index (χ2v) is 9.68. The molecule has 1 aromatic heterocycles. The van der Waals surface area contributed by atoms with E-state index in [1.807, 2.05) is 0 Å². The summed E-state index contributed by atoms with van der Waals surface area (Å²) in [6.07, 6.45) is 0. The zero-order valence-corrected chi connectivity index (χ0v) is 20.3. The van der Waals surface area contributed by atoms with Crippen LogP contribution in [0.4, 0.5) is 13.2 Å². The molecule has 11 heteroatoms. The monoisotopic (exact) mass is 541 g/mol. The summed E-state index contributed by atoms with van der Waals surface area (Å²) in [5.41, 5.74) is 0.925. The third-order valence-electron chi connectivity index (χ3n) is 4.82. The molecule has 0 amide bonds. The number of carbonyl (C=O) groups excluding carboxylic acids is 1. The first-order valence-electron chi connectivity index (χ1n) is 9.68. The second kappa shape index (κ2) is 10.00. The molecule has 0 N–H and O–H groups in total. The lowest BCUT2D eigenvalue weighted by atomic mass is 10.1. The smallest absolute Gasteiger partial charge is 0.196 e. The molecule has 0 radical (unpaired) electrons. The average molecular weight is 543 g/mol. The summed E-state index contributed by atoms with van der Waals surface area (Å²) < 4.78 is 42.3. The van der Waals surface area contributed by atoms with Crippen LogP contribution in [0, 0.1) is 17.5 Å². The molecule has 0 bridgehead atoms. The van der Waals surface area contributed by atoms with E-state index in [4.69, 9.17) is 34.8 Å². The van der Waals surface area contributed by atoms with E-state index in [1.54, 1.807) is 23.6 Å². The van der Waals surface area contributed by atoms with Crippen LogP contribution in [0.1, 0.15) is 17.3 Å². The van der Waals surface area contributed by atoms with E-state index in [0.29, 0.717) is 27.1 Å². The third kappa shape index (κ3) is 4.95. The van der Waals surface area contributed by atoms with Crippen molar-refractivity contribution in [1.82, 2.24) is 14.8 Å². The molecule has 0 aliphatic carbocycles. The Hall–Kier alpha value is -2.52. The van der Waals surface area contributed by atoms with Gasteiger partial charge in [-0.25, -0.2) is 13.2 Å². The maximum Gasteiger partial charge on any atom is 0.196 e. The Kier molecular flexibility index (Phi) is 7.23. The van der Waals surface area contributed by atoms with Gasteiger partial charge in [0.2, 0.25) is 0 Å². The molecular formula is C23H13Cl3F3N3OS. The molecule has 4 aromatic rings. The molecule has 0 fully saturated rings. The fourth-order valence-corrected chi connectivity index (χ4v) is 4.76. The highest BCUT2D eigenvalue weighted by Gasteiger charge is 2.24. The van der Waals surface area contributed by atoms with Gasteiger partial charge in [0, 0.05) is 16.1 Å². The molecule has 174 valence electrons. The zero-order valence-electron chi connectivity index (χ0n) is 17.2. The molecule has 0 aliphatic rings. The largest absolute Gasteiger partial charge is 0.293 e. The molecule has 0 aliphatic heterocycles. The van der Waals surface area contributed by atoms with Crippen molar-refractivity contribution in [3.63, 3.8) is 0 Å². The van der Waals surface area contributed by atoms with E-state index in [-0.39, 0.29) is 15.7 Å². The maximum absolute atomic E-state index is 13.8. The first kappa shape index (κ1) is 24.6.